The molecule has 0 bridgehead atoms. The molecule has 8 aromatic carbocycles. The third-order valence-electron chi connectivity index (χ3n) is 11.1. The number of aromatic nitrogens is 2. The standard InChI is InChI=1S/C51H36N2/c1-51(2)45-30-26-34-13-9-10-18-40(34)49(45)44-27-25-38(31-46(44)51)33-21-23-35(24-22-33)39-28-29-43(42-20-12-11-19-41(39)42)48-32-47(36-14-5-3-6-15-36)52-50(53-48)37-16-7-4-8-17-37/h3-32H,1-2H3. The van der Waals surface area contributed by atoms with Crippen molar-refractivity contribution in [3.05, 3.63) is 193 Å². The number of benzene rings is 8. The van der Waals surface area contributed by atoms with Crippen LogP contribution >= 0.6 is 0 Å². The number of nitrogens with zero attached hydrogens (tertiary/aromatic N) is 2. The molecule has 0 radical (unpaired) electrons. The second-order valence-electron chi connectivity index (χ2n) is 14.6. The van der Waals surface area contributed by atoms with Gasteiger partial charge < -0.3 is 0 Å². The monoisotopic (exact) mass is 676 g/mol. The van der Waals surface area contributed by atoms with Gasteiger partial charge in [0, 0.05) is 22.1 Å². The Kier molecular flexibility index (Phi) is 7.19. The average molecular weight is 677 g/mol. The highest BCUT2D eigenvalue weighted by Crippen LogP contribution is 2.52. The lowest BCUT2D eigenvalue weighted by molar-refractivity contribution is 0.661. The summed E-state index contributed by atoms with van der Waals surface area (Å²) in [7, 11) is 0. The van der Waals surface area contributed by atoms with Gasteiger partial charge in [0.05, 0.1) is 11.4 Å². The molecule has 1 aliphatic carbocycles. The van der Waals surface area contributed by atoms with Crippen molar-refractivity contribution in [2.75, 3.05) is 0 Å². The van der Waals surface area contributed by atoms with Crippen molar-refractivity contribution in [2.24, 2.45) is 0 Å². The molecule has 1 aliphatic rings. The summed E-state index contributed by atoms with van der Waals surface area (Å²) in [5.74, 6) is 0.720. The van der Waals surface area contributed by atoms with Gasteiger partial charge in [-0.05, 0) is 78.2 Å². The van der Waals surface area contributed by atoms with Gasteiger partial charge in [-0.3, -0.25) is 0 Å². The Labute approximate surface area is 310 Å². The number of fused-ring (bicyclic) bond motifs is 6. The zero-order valence-electron chi connectivity index (χ0n) is 29.7. The van der Waals surface area contributed by atoms with E-state index in [0.29, 0.717) is 0 Å². The van der Waals surface area contributed by atoms with Crippen molar-refractivity contribution in [1.29, 1.82) is 0 Å². The van der Waals surface area contributed by atoms with Crippen molar-refractivity contribution in [3.63, 3.8) is 0 Å². The maximum atomic E-state index is 5.15. The molecule has 0 aliphatic heterocycles. The van der Waals surface area contributed by atoms with E-state index in [9.17, 15) is 0 Å². The molecular weight excluding hydrogens is 641 g/mol. The molecule has 1 heterocycles. The SMILES string of the molecule is CC1(C)c2cc(-c3ccc(-c4ccc(-c5cc(-c6ccccc6)nc(-c6ccccc6)n5)c5ccccc45)cc3)ccc2-c2c1ccc1ccccc21. The van der Waals surface area contributed by atoms with Gasteiger partial charge in [0.15, 0.2) is 5.82 Å². The first-order chi connectivity index (χ1) is 26.0. The summed E-state index contributed by atoms with van der Waals surface area (Å²) >= 11 is 0. The summed E-state index contributed by atoms with van der Waals surface area (Å²) in [5, 5.41) is 4.99. The zero-order chi connectivity index (χ0) is 35.5. The van der Waals surface area contributed by atoms with Crippen LogP contribution in [0.15, 0.2) is 182 Å². The first-order valence-corrected chi connectivity index (χ1v) is 18.3. The molecule has 10 rings (SSSR count). The van der Waals surface area contributed by atoms with Crippen LogP contribution in [0.5, 0.6) is 0 Å². The highest BCUT2D eigenvalue weighted by atomic mass is 14.9. The minimum atomic E-state index is -0.0707. The molecule has 0 N–H and O–H groups in total. The van der Waals surface area contributed by atoms with Crippen molar-refractivity contribution < 1.29 is 0 Å². The van der Waals surface area contributed by atoms with E-state index in [0.717, 1.165) is 33.9 Å². The molecule has 2 heteroatoms. The zero-order valence-corrected chi connectivity index (χ0v) is 29.7. The first kappa shape index (κ1) is 31.1. The molecule has 0 spiro atoms. The summed E-state index contributed by atoms with van der Waals surface area (Å²) in [6.45, 7) is 4.72. The fraction of sp³-hybridized carbons (Fsp3) is 0.0588. The van der Waals surface area contributed by atoms with Crippen molar-refractivity contribution in [1.82, 2.24) is 9.97 Å². The smallest absolute Gasteiger partial charge is 0.160 e. The Morgan fingerprint density at radius 2 is 0.925 bits per heavy atom. The molecule has 250 valence electrons. The predicted molar refractivity (Wildman–Crippen MR) is 222 cm³/mol. The van der Waals surface area contributed by atoms with Crippen LogP contribution < -0.4 is 0 Å². The van der Waals surface area contributed by atoms with E-state index in [1.807, 2.05) is 24.3 Å². The van der Waals surface area contributed by atoms with Crippen LogP contribution in [0.25, 0.3) is 88.8 Å². The van der Waals surface area contributed by atoms with Crippen molar-refractivity contribution >= 4 is 21.5 Å². The normalized spacial score (nSPS) is 12.9. The van der Waals surface area contributed by atoms with Gasteiger partial charge in [0.25, 0.3) is 0 Å². The molecule has 0 atom stereocenters. The lowest BCUT2D eigenvalue weighted by Crippen LogP contribution is -2.15. The Morgan fingerprint density at radius 3 is 1.68 bits per heavy atom. The van der Waals surface area contributed by atoms with E-state index in [2.05, 4.69) is 172 Å². The Balaban J connectivity index is 1.04. The molecule has 1 aromatic heterocycles. The summed E-state index contributed by atoms with van der Waals surface area (Å²) < 4.78 is 0. The molecule has 2 nitrogen and oxygen atoms in total. The first-order valence-electron chi connectivity index (χ1n) is 18.3. The molecule has 53 heavy (non-hydrogen) atoms. The third-order valence-corrected chi connectivity index (χ3v) is 11.1. The van der Waals surface area contributed by atoms with Crippen molar-refractivity contribution in [3.8, 4) is 67.3 Å². The largest absolute Gasteiger partial charge is 0.228 e. The minimum absolute atomic E-state index is 0.0707. The van der Waals surface area contributed by atoms with Gasteiger partial charge in [0.2, 0.25) is 0 Å². The van der Waals surface area contributed by atoms with Crippen LogP contribution in [-0.4, -0.2) is 9.97 Å². The molecule has 0 amide bonds. The number of rotatable bonds is 5. The number of hydrogen-bond donors (Lipinski definition) is 0. The highest BCUT2D eigenvalue weighted by molar-refractivity contribution is 6.05. The molecule has 0 fully saturated rings. The third kappa shape index (κ3) is 5.18. The van der Waals surface area contributed by atoms with E-state index in [4.69, 9.17) is 9.97 Å². The van der Waals surface area contributed by atoms with E-state index >= 15 is 0 Å². The van der Waals surface area contributed by atoms with E-state index < -0.39 is 0 Å². The highest BCUT2D eigenvalue weighted by Gasteiger charge is 2.36. The summed E-state index contributed by atoms with van der Waals surface area (Å²) in [6, 6.07) is 65.4. The molecular formula is C51H36N2. The fourth-order valence-electron chi connectivity index (χ4n) is 8.36. The Bertz CT molecular complexity index is 2780. The maximum Gasteiger partial charge on any atom is 0.160 e. The lowest BCUT2D eigenvalue weighted by Gasteiger charge is -2.22. The van der Waals surface area contributed by atoms with Gasteiger partial charge in [-0.15, -0.1) is 0 Å². The van der Waals surface area contributed by atoms with Crippen molar-refractivity contribution in [2.45, 2.75) is 19.3 Å². The van der Waals surface area contributed by atoms with Gasteiger partial charge >= 0.3 is 0 Å². The van der Waals surface area contributed by atoms with Gasteiger partial charge in [-0.2, -0.15) is 0 Å². The quantitative estimate of drug-likeness (QED) is 0.181. The summed E-state index contributed by atoms with van der Waals surface area (Å²) in [5.41, 5.74) is 15.3. The fourth-order valence-corrected chi connectivity index (χ4v) is 8.36. The molecule has 0 saturated heterocycles. The van der Waals surface area contributed by atoms with E-state index in [1.54, 1.807) is 0 Å². The summed E-state index contributed by atoms with van der Waals surface area (Å²) in [4.78, 5) is 10.2. The molecule has 9 aromatic rings. The maximum absolute atomic E-state index is 5.15. The molecule has 0 unspecified atom stereocenters. The van der Waals surface area contributed by atoms with Crippen LogP contribution in [-0.2, 0) is 5.41 Å². The van der Waals surface area contributed by atoms with Crippen LogP contribution in [0, 0.1) is 0 Å². The van der Waals surface area contributed by atoms with Gasteiger partial charge in [0.1, 0.15) is 0 Å². The Morgan fingerprint density at radius 1 is 0.358 bits per heavy atom. The summed E-state index contributed by atoms with van der Waals surface area (Å²) in [6.07, 6.45) is 0. The van der Waals surface area contributed by atoms with Gasteiger partial charge in [-0.1, -0.05) is 184 Å². The second kappa shape index (κ2) is 12.3. The Hall–Kier alpha value is -6.64. The second-order valence-corrected chi connectivity index (χ2v) is 14.6. The average Bonchev–Trinajstić information content (AvgIpc) is 3.46. The predicted octanol–water partition coefficient (Wildman–Crippen LogP) is 13.4. The topological polar surface area (TPSA) is 25.8 Å². The number of hydrogen-bond acceptors (Lipinski definition) is 2. The van der Waals surface area contributed by atoms with E-state index in [1.165, 1.54) is 66.1 Å². The van der Waals surface area contributed by atoms with Crippen LogP contribution in [0.1, 0.15) is 25.0 Å². The van der Waals surface area contributed by atoms with Gasteiger partial charge in [-0.25, -0.2) is 9.97 Å². The lowest BCUT2D eigenvalue weighted by atomic mass is 9.81. The molecule has 0 saturated carbocycles. The minimum Gasteiger partial charge on any atom is -0.228 e. The van der Waals surface area contributed by atoms with Crippen LogP contribution in [0.2, 0.25) is 0 Å². The van der Waals surface area contributed by atoms with E-state index in [-0.39, 0.29) is 5.41 Å². The van der Waals surface area contributed by atoms with Crippen LogP contribution in [0.3, 0.4) is 0 Å². The van der Waals surface area contributed by atoms with Crippen LogP contribution in [0.4, 0.5) is 0 Å².